The lowest BCUT2D eigenvalue weighted by Crippen LogP contribution is -2.17. The molecule has 24 heavy (non-hydrogen) atoms. The van der Waals surface area contributed by atoms with Crippen LogP contribution in [-0.2, 0) is 6.42 Å². The second-order valence-electron chi connectivity index (χ2n) is 6.10. The highest BCUT2D eigenvalue weighted by Crippen LogP contribution is 2.23. The van der Waals surface area contributed by atoms with Crippen molar-refractivity contribution in [2.75, 3.05) is 12.3 Å². The maximum atomic E-state index is 5.75. The number of anilines is 1. The van der Waals surface area contributed by atoms with Crippen LogP contribution in [0, 0.1) is 0 Å². The van der Waals surface area contributed by atoms with Crippen molar-refractivity contribution in [2.24, 2.45) is 5.73 Å². The highest BCUT2D eigenvalue weighted by molar-refractivity contribution is 5.75. The van der Waals surface area contributed by atoms with Gasteiger partial charge in [-0.1, -0.05) is 48.6 Å². The van der Waals surface area contributed by atoms with E-state index in [1.54, 1.807) is 0 Å². The Morgan fingerprint density at radius 2 is 1.79 bits per heavy atom. The summed E-state index contributed by atoms with van der Waals surface area (Å²) in [5.41, 5.74) is 15.9. The SMILES string of the molecule is Nc1ccc(C2=CCC(N)C=C2)cc1.c1ccc2c(c1)CCCO2. The van der Waals surface area contributed by atoms with Gasteiger partial charge in [-0.15, -0.1) is 0 Å². The zero-order chi connectivity index (χ0) is 16.8. The molecule has 0 aromatic heterocycles. The number of para-hydroxylation sites is 1. The van der Waals surface area contributed by atoms with Crippen LogP contribution in [0.2, 0.25) is 0 Å². The van der Waals surface area contributed by atoms with Crippen molar-refractivity contribution in [2.45, 2.75) is 25.3 Å². The van der Waals surface area contributed by atoms with Crippen molar-refractivity contribution < 1.29 is 4.74 Å². The third kappa shape index (κ3) is 4.27. The van der Waals surface area contributed by atoms with E-state index in [4.69, 9.17) is 16.2 Å². The lowest BCUT2D eigenvalue weighted by Gasteiger charge is -2.15. The van der Waals surface area contributed by atoms with Gasteiger partial charge in [0.1, 0.15) is 5.75 Å². The summed E-state index contributed by atoms with van der Waals surface area (Å²) in [7, 11) is 0. The zero-order valence-corrected chi connectivity index (χ0v) is 13.8. The van der Waals surface area contributed by atoms with Gasteiger partial charge < -0.3 is 16.2 Å². The molecule has 0 spiro atoms. The minimum atomic E-state index is 0.174. The molecule has 1 aliphatic heterocycles. The molecule has 4 rings (SSSR count). The average Bonchev–Trinajstić information content (AvgIpc) is 2.64. The lowest BCUT2D eigenvalue weighted by molar-refractivity contribution is 0.288. The Morgan fingerprint density at radius 3 is 2.50 bits per heavy atom. The molecular weight excluding hydrogens is 296 g/mol. The number of ether oxygens (including phenoxy) is 1. The van der Waals surface area contributed by atoms with Crippen LogP contribution in [-0.4, -0.2) is 12.6 Å². The van der Waals surface area contributed by atoms with Crippen LogP contribution >= 0.6 is 0 Å². The minimum Gasteiger partial charge on any atom is -0.493 e. The number of hydrogen-bond acceptors (Lipinski definition) is 3. The van der Waals surface area contributed by atoms with Crippen LogP contribution in [0.15, 0.2) is 66.8 Å². The normalized spacial score (nSPS) is 18.5. The fraction of sp³-hybridized carbons (Fsp3) is 0.238. The van der Waals surface area contributed by atoms with Crippen LogP contribution in [0.5, 0.6) is 5.75 Å². The highest BCUT2D eigenvalue weighted by Gasteiger charge is 2.07. The molecule has 0 fully saturated rings. The van der Waals surface area contributed by atoms with Gasteiger partial charge in [0.05, 0.1) is 6.61 Å². The number of nitrogens with two attached hydrogens (primary N) is 2. The maximum absolute atomic E-state index is 5.75. The van der Waals surface area contributed by atoms with E-state index >= 15 is 0 Å². The first kappa shape index (κ1) is 16.3. The zero-order valence-electron chi connectivity index (χ0n) is 13.8. The Hall–Kier alpha value is -2.52. The average molecular weight is 320 g/mol. The van der Waals surface area contributed by atoms with E-state index in [-0.39, 0.29) is 6.04 Å². The third-order valence-corrected chi connectivity index (χ3v) is 4.20. The maximum Gasteiger partial charge on any atom is 0.122 e. The van der Waals surface area contributed by atoms with E-state index in [0.29, 0.717) is 0 Å². The van der Waals surface area contributed by atoms with Crippen molar-refractivity contribution >= 4 is 11.3 Å². The van der Waals surface area contributed by atoms with Crippen molar-refractivity contribution in [3.8, 4) is 5.75 Å². The largest absolute Gasteiger partial charge is 0.493 e. The molecule has 124 valence electrons. The monoisotopic (exact) mass is 320 g/mol. The van der Waals surface area contributed by atoms with Crippen LogP contribution in [0.25, 0.3) is 5.57 Å². The summed E-state index contributed by atoms with van der Waals surface area (Å²) in [6, 6.07) is 16.3. The number of fused-ring (bicyclic) bond motifs is 1. The number of nitrogen functional groups attached to an aromatic ring is 1. The van der Waals surface area contributed by atoms with Gasteiger partial charge in [0, 0.05) is 11.7 Å². The second-order valence-corrected chi connectivity index (χ2v) is 6.10. The van der Waals surface area contributed by atoms with E-state index in [0.717, 1.165) is 30.9 Å². The first-order chi connectivity index (χ1) is 11.7. The molecule has 0 radical (unpaired) electrons. The lowest BCUT2D eigenvalue weighted by atomic mass is 9.97. The molecule has 1 unspecified atom stereocenters. The number of rotatable bonds is 1. The first-order valence-electron chi connectivity index (χ1n) is 8.43. The Bertz CT molecular complexity index is 707. The van der Waals surface area contributed by atoms with Gasteiger partial charge in [-0.05, 0) is 54.2 Å². The summed E-state index contributed by atoms with van der Waals surface area (Å²) in [6.07, 6.45) is 9.52. The summed E-state index contributed by atoms with van der Waals surface area (Å²) in [5.74, 6) is 1.08. The Labute approximate surface area is 143 Å². The highest BCUT2D eigenvalue weighted by atomic mass is 16.5. The molecule has 3 nitrogen and oxygen atoms in total. The van der Waals surface area contributed by atoms with Gasteiger partial charge in [-0.3, -0.25) is 0 Å². The van der Waals surface area contributed by atoms with Gasteiger partial charge in [0.2, 0.25) is 0 Å². The molecule has 1 aliphatic carbocycles. The molecule has 3 heteroatoms. The van der Waals surface area contributed by atoms with Crippen LogP contribution < -0.4 is 16.2 Å². The molecule has 4 N–H and O–H groups in total. The van der Waals surface area contributed by atoms with E-state index in [2.05, 4.69) is 24.3 Å². The fourth-order valence-corrected chi connectivity index (χ4v) is 2.82. The van der Waals surface area contributed by atoms with Gasteiger partial charge in [-0.2, -0.15) is 0 Å². The van der Waals surface area contributed by atoms with Crippen molar-refractivity contribution in [3.63, 3.8) is 0 Å². The smallest absolute Gasteiger partial charge is 0.122 e. The minimum absolute atomic E-state index is 0.174. The number of benzene rings is 2. The Kier molecular flexibility index (Phi) is 5.34. The molecule has 1 heterocycles. The molecule has 2 aromatic rings. The van der Waals surface area contributed by atoms with Gasteiger partial charge in [-0.25, -0.2) is 0 Å². The van der Waals surface area contributed by atoms with Crippen LogP contribution in [0.3, 0.4) is 0 Å². The predicted octanol–water partition coefficient (Wildman–Crippen LogP) is 3.95. The van der Waals surface area contributed by atoms with Gasteiger partial charge in [0.25, 0.3) is 0 Å². The van der Waals surface area contributed by atoms with Crippen LogP contribution in [0.1, 0.15) is 24.0 Å². The number of aryl methyl sites for hydroxylation is 1. The van der Waals surface area contributed by atoms with E-state index < -0.39 is 0 Å². The van der Waals surface area contributed by atoms with Gasteiger partial charge in [0.15, 0.2) is 0 Å². The quantitative estimate of drug-likeness (QED) is 0.782. The van der Waals surface area contributed by atoms with E-state index in [9.17, 15) is 0 Å². The molecule has 0 saturated heterocycles. The van der Waals surface area contributed by atoms with E-state index in [1.165, 1.54) is 23.1 Å². The van der Waals surface area contributed by atoms with Crippen molar-refractivity contribution in [3.05, 3.63) is 77.9 Å². The molecule has 1 atom stereocenters. The predicted molar refractivity (Wildman–Crippen MR) is 101 cm³/mol. The number of allylic oxidation sites excluding steroid dienone is 2. The summed E-state index contributed by atoms with van der Waals surface area (Å²) in [4.78, 5) is 0. The Balaban J connectivity index is 0.000000149. The van der Waals surface area contributed by atoms with Crippen molar-refractivity contribution in [1.82, 2.24) is 0 Å². The molecule has 2 aromatic carbocycles. The topological polar surface area (TPSA) is 61.3 Å². The Morgan fingerprint density at radius 1 is 1.00 bits per heavy atom. The molecular formula is C21H24N2O. The summed E-state index contributed by atoms with van der Waals surface area (Å²) < 4.78 is 5.42. The first-order valence-corrected chi connectivity index (χ1v) is 8.43. The summed E-state index contributed by atoms with van der Waals surface area (Å²) in [5, 5.41) is 0. The molecule has 0 saturated carbocycles. The molecule has 0 amide bonds. The third-order valence-electron chi connectivity index (χ3n) is 4.20. The fourth-order valence-electron chi connectivity index (χ4n) is 2.82. The van der Waals surface area contributed by atoms with Gasteiger partial charge >= 0.3 is 0 Å². The second kappa shape index (κ2) is 7.84. The van der Waals surface area contributed by atoms with Crippen LogP contribution in [0.4, 0.5) is 5.69 Å². The number of hydrogen-bond donors (Lipinski definition) is 2. The summed E-state index contributed by atoms with van der Waals surface area (Å²) >= 11 is 0. The molecule has 2 aliphatic rings. The summed E-state index contributed by atoms with van der Waals surface area (Å²) in [6.45, 7) is 0.886. The van der Waals surface area contributed by atoms with Crippen molar-refractivity contribution in [1.29, 1.82) is 0 Å². The molecule has 0 bridgehead atoms. The standard InChI is InChI=1S/C12H14N2.C9H10O/c13-11-5-1-9(2-6-11)10-3-7-12(14)8-4-10;1-2-6-9-8(4-1)5-3-7-10-9/h1-7,12H,8,13-14H2;1-2,4,6H,3,5,7H2. The van der Waals surface area contributed by atoms with E-state index in [1.807, 2.05) is 42.5 Å².